The van der Waals surface area contributed by atoms with E-state index in [1.54, 1.807) is 11.1 Å². The zero-order chi connectivity index (χ0) is 16.2. The number of hydrogen-bond donors (Lipinski definition) is 0. The Hall–Kier alpha value is -0.520. The van der Waals surface area contributed by atoms with Crippen LogP contribution in [0.15, 0.2) is 23.3 Å². The second-order valence-corrected chi connectivity index (χ2v) is 7.39. The Labute approximate surface area is 140 Å². The highest BCUT2D eigenvalue weighted by atomic mass is 14.2. The molecule has 0 heteroatoms. The lowest BCUT2D eigenvalue weighted by Gasteiger charge is -2.22. The average Bonchev–Trinajstić information content (AvgIpc) is 2.56. The first kappa shape index (κ1) is 19.5. The molecule has 1 aliphatic rings. The van der Waals surface area contributed by atoms with E-state index >= 15 is 0 Å². The van der Waals surface area contributed by atoms with Crippen molar-refractivity contribution in [3.8, 4) is 0 Å². The molecule has 0 radical (unpaired) electrons. The Kier molecular flexibility index (Phi) is 10.6. The zero-order valence-corrected chi connectivity index (χ0v) is 15.8. The molecule has 1 rings (SSSR count). The van der Waals surface area contributed by atoms with Crippen LogP contribution in [-0.2, 0) is 0 Å². The van der Waals surface area contributed by atoms with Crippen molar-refractivity contribution in [2.45, 2.75) is 105 Å². The lowest BCUT2D eigenvalue weighted by Crippen LogP contribution is -2.06. The van der Waals surface area contributed by atoms with E-state index in [1.807, 2.05) is 0 Å². The Morgan fingerprint density at radius 3 is 1.41 bits per heavy atom. The van der Waals surface area contributed by atoms with Gasteiger partial charge in [0.1, 0.15) is 0 Å². The predicted molar refractivity (Wildman–Crippen MR) is 101 cm³/mol. The van der Waals surface area contributed by atoms with E-state index < -0.39 is 0 Å². The molecule has 0 bridgehead atoms. The molecule has 22 heavy (non-hydrogen) atoms. The molecular weight excluding hydrogens is 264 g/mol. The first-order valence-electron chi connectivity index (χ1n) is 10.1. The van der Waals surface area contributed by atoms with Gasteiger partial charge in [-0.05, 0) is 37.5 Å². The van der Waals surface area contributed by atoms with Crippen LogP contribution in [0.2, 0.25) is 0 Å². The minimum absolute atomic E-state index is 0.925. The molecule has 1 aliphatic carbocycles. The normalized spacial score (nSPS) is 17.8. The fourth-order valence-corrected chi connectivity index (χ4v) is 3.69. The van der Waals surface area contributed by atoms with E-state index in [4.69, 9.17) is 0 Å². The smallest absolute Gasteiger partial charge is 0.0280 e. The Bertz CT molecular complexity index is 300. The summed E-state index contributed by atoms with van der Waals surface area (Å²) in [5, 5.41) is 0. The molecule has 0 aromatic heterocycles. The highest BCUT2D eigenvalue weighted by molar-refractivity contribution is 5.24. The summed E-state index contributed by atoms with van der Waals surface area (Å²) in [5.41, 5.74) is 3.43. The van der Waals surface area contributed by atoms with E-state index in [0.717, 1.165) is 11.8 Å². The van der Waals surface area contributed by atoms with Crippen molar-refractivity contribution in [1.82, 2.24) is 0 Å². The molecule has 2 atom stereocenters. The number of unbranched alkanes of at least 4 members (excludes halogenated alkanes) is 2. The summed E-state index contributed by atoms with van der Waals surface area (Å²) in [5.74, 6) is 1.85. The fraction of sp³-hybridized carbons (Fsp3) is 0.818. The molecule has 0 aromatic carbocycles. The monoisotopic (exact) mass is 304 g/mol. The van der Waals surface area contributed by atoms with E-state index in [1.165, 1.54) is 77.0 Å². The van der Waals surface area contributed by atoms with Crippen LogP contribution in [0.4, 0.5) is 0 Å². The minimum Gasteiger partial charge on any atom is -0.0696 e. The first-order valence-corrected chi connectivity index (χ1v) is 10.1. The molecule has 0 nitrogen and oxygen atoms in total. The second kappa shape index (κ2) is 12.0. The highest BCUT2D eigenvalue weighted by Gasteiger charge is 2.14. The summed E-state index contributed by atoms with van der Waals surface area (Å²) >= 11 is 0. The largest absolute Gasteiger partial charge is 0.0696 e. The van der Waals surface area contributed by atoms with E-state index in [9.17, 15) is 0 Å². The molecule has 0 N–H and O–H groups in total. The van der Waals surface area contributed by atoms with Gasteiger partial charge in [-0.2, -0.15) is 0 Å². The second-order valence-electron chi connectivity index (χ2n) is 7.39. The molecule has 0 saturated heterocycles. The van der Waals surface area contributed by atoms with Crippen LogP contribution in [0.1, 0.15) is 105 Å². The lowest BCUT2D eigenvalue weighted by molar-refractivity contribution is 0.433. The molecule has 0 fully saturated rings. The van der Waals surface area contributed by atoms with E-state index in [-0.39, 0.29) is 0 Å². The van der Waals surface area contributed by atoms with Crippen molar-refractivity contribution >= 4 is 0 Å². The standard InChI is InChI=1S/C22H40/c1-5-9-11-19(7-3)17-21-13-15-22(16-14-21)18-20(8-4)12-10-6-2/h13,15,19-20H,5-12,14,16-18H2,1-4H3. The molecule has 0 aliphatic heterocycles. The van der Waals surface area contributed by atoms with Gasteiger partial charge in [-0.1, -0.05) is 102 Å². The predicted octanol–water partition coefficient (Wildman–Crippen LogP) is 7.85. The minimum atomic E-state index is 0.925. The molecular formula is C22H40. The van der Waals surface area contributed by atoms with Gasteiger partial charge in [0.2, 0.25) is 0 Å². The fourth-order valence-electron chi connectivity index (χ4n) is 3.69. The van der Waals surface area contributed by atoms with Crippen LogP contribution < -0.4 is 0 Å². The van der Waals surface area contributed by atoms with Crippen molar-refractivity contribution in [3.05, 3.63) is 23.3 Å². The van der Waals surface area contributed by atoms with Gasteiger partial charge >= 0.3 is 0 Å². The summed E-state index contributed by atoms with van der Waals surface area (Å²) in [6, 6.07) is 0. The van der Waals surface area contributed by atoms with Crippen molar-refractivity contribution in [3.63, 3.8) is 0 Å². The molecule has 0 saturated carbocycles. The van der Waals surface area contributed by atoms with Gasteiger partial charge in [0.25, 0.3) is 0 Å². The Morgan fingerprint density at radius 1 is 0.727 bits per heavy atom. The molecule has 0 aromatic rings. The summed E-state index contributed by atoms with van der Waals surface area (Å²) in [4.78, 5) is 0. The van der Waals surface area contributed by atoms with Crippen molar-refractivity contribution in [1.29, 1.82) is 0 Å². The van der Waals surface area contributed by atoms with Crippen LogP contribution in [-0.4, -0.2) is 0 Å². The van der Waals surface area contributed by atoms with E-state index in [0.29, 0.717) is 0 Å². The third-order valence-electron chi connectivity index (χ3n) is 5.51. The third-order valence-corrected chi connectivity index (χ3v) is 5.51. The first-order chi connectivity index (χ1) is 10.7. The maximum absolute atomic E-state index is 2.47. The molecule has 2 unspecified atom stereocenters. The maximum Gasteiger partial charge on any atom is -0.0280 e. The van der Waals surface area contributed by atoms with Gasteiger partial charge in [-0.15, -0.1) is 0 Å². The van der Waals surface area contributed by atoms with Crippen LogP contribution >= 0.6 is 0 Å². The van der Waals surface area contributed by atoms with Crippen molar-refractivity contribution in [2.24, 2.45) is 11.8 Å². The van der Waals surface area contributed by atoms with Gasteiger partial charge in [-0.25, -0.2) is 0 Å². The van der Waals surface area contributed by atoms with Gasteiger partial charge < -0.3 is 0 Å². The van der Waals surface area contributed by atoms with Crippen molar-refractivity contribution in [2.75, 3.05) is 0 Å². The molecule has 128 valence electrons. The summed E-state index contributed by atoms with van der Waals surface area (Å²) in [7, 11) is 0. The van der Waals surface area contributed by atoms with E-state index in [2.05, 4.69) is 39.8 Å². The maximum atomic E-state index is 2.47. The number of hydrogen-bond acceptors (Lipinski definition) is 0. The molecule has 0 amide bonds. The SMILES string of the molecule is CCCCC(CC)CC1=CC=C(CC(CC)CCCC)CC1. The van der Waals surface area contributed by atoms with Gasteiger partial charge in [0, 0.05) is 0 Å². The lowest BCUT2D eigenvalue weighted by atomic mass is 9.84. The van der Waals surface area contributed by atoms with Gasteiger partial charge in [0.15, 0.2) is 0 Å². The summed E-state index contributed by atoms with van der Waals surface area (Å²) in [6.45, 7) is 9.35. The van der Waals surface area contributed by atoms with Gasteiger partial charge in [-0.3, -0.25) is 0 Å². The number of rotatable bonds is 12. The molecule has 0 heterocycles. The topological polar surface area (TPSA) is 0 Å². The van der Waals surface area contributed by atoms with Crippen molar-refractivity contribution < 1.29 is 0 Å². The van der Waals surface area contributed by atoms with Crippen LogP contribution in [0.5, 0.6) is 0 Å². The van der Waals surface area contributed by atoms with Crippen LogP contribution in [0.25, 0.3) is 0 Å². The van der Waals surface area contributed by atoms with Crippen LogP contribution in [0.3, 0.4) is 0 Å². The number of allylic oxidation sites excluding steroid dienone is 4. The van der Waals surface area contributed by atoms with Gasteiger partial charge in [0.05, 0.1) is 0 Å². The zero-order valence-electron chi connectivity index (χ0n) is 15.8. The molecule has 0 spiro atoms. The van der Waals surface area contributed by atoms with Crippen LogP contribution in [0, 0.1) is 11.8 Å². The Balaban J connectivity index is 2.45. The average molecular weight is 305 g/mol. The quantitative estimate of drug-likeness (QED) is 0.344. The summed E-state index contributed by atoms with van der Waals surface area (Å²) < 4.78 is 0. The third kappa shape index (κ3) is 7.65. The summed E-state index contributed by atoms with van der Waals surface area (Å²) in [6.07, 6.45) is 21.4. The Morgan fingerprint density at radius 2 is 1.14 bits per heavy atom. The highest BCUT2D eigenvalue weighted by Crippen LogP contribution is 2.31.